The molecule has 15 heavy (non-hydrogen) atoms. The van der Waals surface area contributed by atoms with Crippen LogP contribution < -0.4 is 0 Å². The average Bonchev–Trinajstić information content (AvgIpc) is 2.47. The summed E-state index contributed by atoms with van der Waals surface area (Å²) in [6, 6.07) is 0.218. The van der Waals surface area contributed by atoms with Crippen molar-refractivity contribution in [3.8, 4) is 0 Å². The van der Waals surface area contributed by atoms with Crippen LogP contribution in [0.1, 0.15) is 13.3 Å². The van der Waals surface area contributed by atoms with E-state index in [4.69, 9.17) is 25.8 Å². The van der Waals surface area contributed by atoms with E-state index in [2.05, 4.69) is 12.2 Å². The Hall–Kier alpha value is 0.945. The largest absolute Gasteiger partial charge is 0.382 e. The van der Waals surface area contributed by atoms with Gasteiger partial charge in [-0.1, -0.05) is 18.7 Å². The van der Waals surface area contributed by atoms with Gasteiger partial charge in [-0.15, -0.1) is 12.2 Å². The molecule has 0 aromatic carbocycles. The Labute approximate surface area is 103 Å². The van der Waals surface area contributed by atoms with Gasteiger partial charge in [0.15, 0.2) is 0 Å². The lowest BCUT2D eigenvalue weighted by Gasteiger charge is -2.23. The van der Waals surface area contributed by atoms with E-state index >= 15 is 0 Å². The molecule has 0 spiro atoms. The van der Waals surface area contributed by atoms with Crippen molar-refractivity contribution in [3.63, 3.8) is 0 Å². The number of thiol groups is 1. The Morgan fingerprint density at radius 2 is 2.33 bits per heavy atom. The molecule has 0 N–H and O–H groups in total. The third-order valence-electron chi connectivity index (χ3n) is 2.42. The van der Waals surface area contributed by atoms with Crippen molar-refractivity contribution in [2.45, 2.75) is 31.6 Å². The zero-order valence-corrected chi connectivity index (χ0v) is 12.0. The molecule has 1 unspecified atom stereocenters. The Morgan fingerprint density at radius 3 is 2.87 bits per heavy atom. The van der Waals surface area contributed by atoms with Crippen LogP contribution >= 0.6 is 17.7 Å². The molecule has 1 aliphatic rings. The smallest absolute Gasteiger partial charge is 0.139 e. The molecular formula is C8H18BO3PS2. The normalized spacial score (nSPS) is 35.3. The minimum atomic E-state index is -1.92. The second-order valence-electron chi connectivity index (χ2n) is 3.77. The van der Waals surface area contributed by atoms with Crippen LogP contribution in [0, 0.1) is 0 Å². The van der Waals surface area contributed by atoms with Crippen LogP contribution in [-0.2, 0) is 25.8 Å². The molecule has 0 aliphatic carbocycles. The maximum Gasteiger partial charge on any atom is 0.139 e. The highest BCUT2D eigenvalue weighted by Gasteiger charge is 2.35. The van der Waals surface area contributed by atoms with Crippen molar-refractivity contribution in [2.24, 2.45) is 0 Å². The van der Waals surface area contributed by atoms with E-state index in [0.29, 0.717) is 6.61 Å². The molecule has 0 bridgehead atoms. The van der Waals surface area contributed by atoms with Crippen molar-refractivity contribution in [3.05, 3.63) is 0 Å². The van der Waals surface area contributed by atoms with Crippen molar-refractivity contribution >= 4 is 37.4 Å². The van der Waals surface area contributed by atoms with Gasteiger partial charge in [0.2, 0.25) is 0 Å². The van der Waals surface area contributed by atoms with E-state index in [1.807, 2.05) is 14.8 Å². The summed E-state index contributed by atoms with van der Waals surface area (Å²) in [4.78, 5) is 0. The summed E-state index contributed by atoms with van der Waals surface area (Å²) in [7, 11) is 3.71. The molecule has 4 atom stereocenters. The lowest BCUT2D eigenvalue weighted by Crippen LogP contribution is -2.27. The fraction of sp³-hybridized carbons (Fsp3) is 1.00. The molecule has 0 aromatic rings. The molecule has 1 fully saturated rings. The van der Waals surface area contributed by atoms with Gasteiger partial charge in [0.05, 0.1) is 12.7 Å². The lowest BCUT2D eigenvalue weighted by molar-refractivity contribution is -0.00755. The molecule has 0 amide bonds. The minimum absolute atomic E-state index is 0.00558. The fourth-order valence-corrected chi connectivity index (χ4v) is 3.12. The molecule has 88 valence electrons. The Kier molecular flexibility index (Phi) is 5.64. The standard InChI is InChI=1S/C8H18BO3PS2/c1-3-13(14,15)12-6-4-8(9)11-7(6)5-10-2/h6-8H,3-5,9H2,1-2H3,(H,14,15)/t6-,7-,8-/m1/s1. The molecule has 0 radical (unpaired) electrons. The summed E-state index contributed by atoms with van der Waals surface area (Å²) in [5, 5.41) is 0. The zero-order valence-electron chi connectivity index (χ0n) is 9.38. The number of ether oxygens (including phenoxy) is 2. The highest BCUT2D eigenvalue weighted by molar-refractivity contribution is 8.61. The maximum atomic E-state index is 5.87. The Bertz CT molecular complexity index is 254. The van der Waals surface area contributed by atoms with Gasteiger partial charge in [0, 0.05) is 19.3 Å². The number of hydrogen-bond acceptors (Lipinski definition) is 4. The molecule has 1 saturated heterocycles. The van der Waals surface area contributed by atoms with Crippen LogP contribution in [0.15, 0.2) is 0 Å². The van der Waals surface area contributed by atoms with Crippen LogP contribution in [0.3, 0.4) is 0 Å². The molecule has 0 aromatic heterocycles. The highest BCUT2D eigenvalue weighted by Crippen LogP contribution is 2.54. The van der Waals surface area contributed by atoms with Crippen LogP contribution in [0.4, 0.5) is 0 Å². The van der Waals surface area contributed by atoms with Gasteiger partial charge in [-0.2, -0.15) is 0 Å². The van der Waals surface area contributed by atoms with Crippen LogP contribution in [0.25, 0.3) is 0 Å². The summed E-state index contributed by atoms with van der Waals surface area (Å²) >= 11 is 9.72. The quantitative estimate of drug-likeness (QED) is 0.458. The second-order valence-corrected chi connectivity index (χ2v) is 10.4. The van der Waals surface area contributed by atoms with Crippen LogP contribution in [0.5, 0.6) is 0 Å². The average molecular weight is 268 g/mol. The first kappa shape index (κ1) is 14.0. The van der Waals surface area contributed by atoms with Gasteiger partial charge in [0.25, 0.3) is 0 Å². The highest BCUT2D eigenvalue weighted by atomic mass is 32.9. The molecule has 1 aliphatic heterocycles. The van der Waals surface area contributed by atoms with E-state index < -0.39 is 5.47 Å². The summed E-state index contributed by atoms with van der Waals surface area (Å²) in [5.74, 6) is 0. The molecule has 7 heteroatoms. The van der Waals surface area contributed by atoms with Gasteiger partial charge in [-0.3, -0.25) is 0 Å². The predicted molar refractivity (Wildman–Crippen MR) is 72.4 cm³/mol. The zero-order chi connectivity index (χ0) is 11.5. The van der Waals surface area contributed by atoms with Gasteiger partial charge in [-0.05, 0) is 6.42 Å². The van der Waals surface area contributed by atoms with E-state index in [1.54, 1.807) is 7.11 Å². The van der Waals surface area contributed by atoms with E-state index in [9.17, 15) is 0 Å². The van der Waals surface area contributed by atoms with E-state index in [1.165, 1.54) is 0 Å². The first-order chi connectivity index (χ1) is 6.98. The summed E-state index contributed by atoms with van der Waals surface area (Å²) < 4.78 is 16.7. The first-order valence-electron chi connectivity index (χ1n) is 5.13. The third-order valence-corrected chi connectivity index (χ3v) is 5.98. The van der Waals surface area contributed by atoms with Crippen molar-refractivity contribution in [1.29, 1.82) is 0 Å². The second kappa shape index (κ2) is 6.03. The van der Waals surface area contributed by atoms with Crippen LogP contribution in [-0.4, -0.2) is 45.9 Å². The SMILES string of the molecule is B[C@H]1C[C@@H](OP(=S)(S)CC)[C@@H](COC)O1. The summed E-state index contributed by atoms with van der Waals surface area (Å²) in [6.07, 6.45) is 1.73. The lowest BCUT2D eigenvalue weighted by atomic mass is 9.96. The van der Waals surface area contributed by atoms with Crippen molar-refractivity contribution in [2.75, 3.05) is 19.9 Å². The first-order valence-corrected chi connectivity index (χ1v) is 9.19. The summed E-state index contributed by atoms with van der Waals surface area (Å²) in [6.45, 7) is 2.57. The number of methoxy groups -OCH3 is 1. The molecule has 0 saturated carbocycles. The fourth-order valence-electron chi connectivity index (χ4n) is 1.63. The monoisotopic (exact) mass is 268 g/mol. The Morgan fingerprint density at radius 1 is 1.67 bits per heavy atom. The predicted octanol–water partition coefficient (Wildman–Crippen LogP) is 1.03. The van der Waals surface area contributed by atoms with Gasteiger partial charge >= 0.3 is 0 Å². The van der Waals surface area contributed by atoms with Gasteiger partial charge < -0.3 is 14.0 Å². The molecule has 1 rings (SSSR count). The summed E-state index contributed by atoms with van der Waals surface area (Å²) in [5.41, 5.74) is -1.92. The number of hydrogen-bond donors (Lipinski definition) is 1. The van der Waals surface area contributed by atoms with Crippen molar-refractivity contribution in [1.82, 2.24) is 0 Å². The topological polar surface area (TPSA) is 27.7 Å². The molecular weight excluding hydrogens is 250 g/mol. The Balaban J connectivity index is 2.55. The van der Waals surface area contributed by atoms with E-state index in [0.717, 1.165) is 12.6 Å². The van der Waals surface area contributed by atoms with Gasteiger partial charge in [0.1, 0.15) is 19.4 Å². The van der Waals surface area contributed by atoms with Gasteiger partial charge in [-0.25, -0.2) is 0 Å². The van der Waals surface area contributed by atoms with Crippen LogP contribution in [0.2, 0.25) is 0 Å². The third kappa shape index (κ3) is 4.37. The van der Waals surface area contributed by atoms with Crippen molar-refractivity contribution < 1.29 is 14.0 Å². The van der Waals surface area contributed by atoms with E-state index in [-0.39, 0.29) is 18.2 Å². The molecule has 1 heterocycles. The number of rotatable bonds is 5. The molecule has 3 nitrogen and oxygen atoms in total. The minimum Gasteiger partial charge on any atom is -0.382 e. The maximum absolute atomic E-state index is 5.87.